The summed E-state index contributed by atoms with van der Waals surface area (Å²) in [6, 6.07) is 6.69. The van der Waals surface area contributed by atoms with Gasteiger partial charge in [-0.1, -0.05) is 25.1 Å². The fourth-order valence-electron chi connectivity index (χ4n) is 3.64. The van der Waals surface area contributed by atoms with Gasteiger partial charge < -0.3 is 10.2 Å². The van der Waals surface area contributed by atoms with Crippen LogP contribution in [-0.2, 0) is 9.59 Å². The van der Waals surface area contributed by atoms with Crippen molar-refractivity contribution in [2.45, 2.75) is 52.5 Å². The van der Waals surface area contributed by atoms with Crippen molar-refractivity contribution in [2.75, 3.05) is 13.1 Å². The topological polar surface area (TPSA) is 49.4 Å². The molecule has 1 heterocycles. The van der Waals surface area contributed by atoms with Crippen LogP contribution in [0.4, 0.5) is 0 Å². The van der Waals surface area contributed by atoms with Gasteiger partial charge in [0.05, 0.1) is 6.04 Å². The summed E-state index contributed by atoms with van der Waals surface area (Å²) < 4.78 is 0. The van der Waals surface area contributed by atoms with E-state index in [1.54, 1.807) is 0 Å². The van der Waals surface area contributed by atoms with Gasteiger partial charge in [0, 0.05) is 25.4 Å². The smallest absolute Gasteiger partial charge is 0.224 e. The SMILES string of the molecule is Cc1ccc(C2CCCN2C(=O)CCNC(=O)C2CC2C)cc1C. The standard InChI is InChI=1S/C20H28N2O2/c1-13-6-7-16(11-14(13)2)18-5-4-10-22(18)19(23)8-9-21-20(24)17-12-15(17)3/h6-7,11,15,17-18H,4-5,8-10,12H2,1-3H3,(H,21,24). The van der Waals surface area contributed by atoms with Crippen LogP contribution in [0.2, 0.25) is 0 Å². The third-order valence-corrected chi connectivity index (χ3v) is 5.57. The minimum Gasteiger partial charge on any atom is -0.355 e. The average molecular weight is 328 g/mol. The molecule has 3 unspecified atom stereocenters. The van der Waals surface area contributed by atoms with Crippen LogP contribution in [0.3, 0.4) is 0 Å². The van der Waals surface area contributed by atoms with Crippen molar-refractivity contribution >= 4 is 11.8 Å². The van der Waals surface area contributed by atoms with Gasteiger partial charge in [-0.25, -0.2) is 0 Å². The molecule has 2 fully saturated rings. The second kappa shape index (κ2) is 6.96. The Bertz CT molecular complexity index is 641. The van der Waals surface area contributed by atoms with Crippen LogP contribution in [0.25, 0.3) is 0 Å². The first-order valence-electron chi connectivity index (χ1n) is 9.11. The lowest BCUT2D eigenvalue weighted by Crippen LogP contribution is -2.34. The first kappa shape index (κ1) is 17.0. The summed E-state index contributed by atoms with van der Waals surface area (Å²) in [5.74, 6) is 0.950. The quantitative estimate of drug-likeness (QED) is 0.903. The van der Waals surface area contributed by atoms with Gasteiger partial charge in [0.1, 0.15) is 0 Å². The van der Waals surface area contributed by atoms with Crippen molar-refractivity contribution in [2.24, 2.45) is 11.8 Å². The minimum atomic E-state index is 0.113. The lowest BCUT2D eigenvalue weighted by Gasteiger charge is -2.26. The zero-order chi connectivity index (χ0) is 17.3. The predicted octanol–water partition coefficient (Wildman–Crippen LogP) is 3.13. The molecule has 2 aliphatic rings. The largest absolute Gasteiger partial charge is 0.355 e. The Hall–Kier alpha value is -1.84. The summed E-state index contributed by atoms with van der Waals surface area (Å²) in [6.45, 7) is 7.60. The van der Waals surface area contributed by atoms with Crippen LogP contribution in [0, 0.1) is 25.7 Å². The molecule has 1 aromatic carbocycles. The first-order chi connectivity index (χ1) is 11.5. The van der Waals surface area contributed by atoms with Gasteiger partial charge in [0.25, 0.3) is 0 Å². The second-order valence-electron chi connectivity index (χ2n) is 7.45. The number of hydrogen-bond acceptors (Lipinski definition) is 2. The number of carbonyl (C=O) groups is 2. The van der Waals surface area contributed by atoms with Crippen LogP contribution in [0.1, 0.15) is 55.3 Å². The number of rotatable bonds is 5. The number of hydrogen-bond donors (Lipinski definition) is 1. The molecular weight excluding hydrogens is 300 g/mol. The van der Waals surface area contributed by atoms with E-state index in [9.17, 15) is 9.59 Å². The van der Waals surface area contributed by atoms with Crippen molar-refractivity contribution < 1.29 is 9.59 Å². The first-order valence-corrected chi connectivity index (χ1v) is 9.11. The Morgan fingerprint density at radius 3 is 2.67 bits per heavy atom. The molecule has 1 saturated heterocycles. The lowest BCUT2D eigenvalue weighted by molar-refractivity contribution is -0.132. The van der Waals surface area contributed by atoms with E-state index in [4.69, 9.17) is 0 Å². The number of carbonyl (C=O) groups excluding carboxylic acids is 2. The fourth-order valence-corrected chi connectivity index (χ4v) is 3.64. The van der Waals surface area contributed by atoms with E-state index in [2.05, 4.69) is 44.3 Å². The van der Waals surface area contributed by atoms with E-state index < -0.39 is 0 Å². The highest BCUT2D eigenvalue weighted by Gasteiger charge is 2.39. The summed E-state index contributed by atoms with van der Waals surface area (Å²) in [6.07, 6.45) is 3.46. The van der Waals surface area contributed by atoms with Crippen LogP contribution in [-0.4, -0.2) is 29.8 Å². The fraction of sp³-hybridized carbons (Fsp3) is 0.600. The molecule has 4 nitrogen and oxygen atoms in total. The molecule has 0 bridgehead atoms. The second-order valence-corrected chi connectivity index (χ2v) is 7.45. The van der Waals surface area contributed by atoms with Gasteiger partial charge in [-0.3, -0.25) is 9.59 Å². The third-order valence-electron chi connectivity index (χ3n) is 5.57. The van der Waals surface area contributed by atoms with Crippen molar-refractivity contribution in [3.8, 4) is 0 Å². The maximum Gasteiger partial charge on any atom is 0.224 e. The zero-order valence-electron chi connectivity index (χ0n) is 15.0. The molecule has 0 aromatic heterocycles. The zero-order valence-corrected chi connectivity index (χ0v) is 15.0. The van der Waals surface area contributed by atoms with E-state index in [1.165, 1.54) is 16.7 Å². The van der Waals surface area contributed by atoms with Crippen LogP contribution < -0.4 is 5.32 Å². The van der Waals surface area contributed by atoms with Crippen LogP contribution in [0.5, 0.6) is 0 Å². The number of nitrogens with zero attached hydrogens (tertiary/aromatic N) is 1. The summed E-state index contributed by atoms with van der Waals surface area (Å²) in [5, 5.41) is 2.91. The molecule has 1 aliphatic heterocycles. The van der Waals surface area contributed by atoms with E-state index in [-0.39, 0.29) is 23.8 Å². The molecule has 0 spiro atoms. The van der Waals surface area contributed by atoms with Crippen molar-refractivity contribution in [1.82, 2.24) is 10.2 Å². The molecule has 130 valence electrons. The Labute approximate surface area is 144 Å². The molecule has 24 heavy (non-hydrogen) atoms. The summed E-state index contributed by atoms with van der Waals surface area (Å²) in [5.41, 5.74) is 3.80. The molecule has 1 N–H and O–H groups in total. The molecular formula is C20H28N2O2. The van der Waals surface area contributed by atoms with Gasteiger partial charge in [-0.2, -0.15) is 0 Å². The molecule has 3 rings (SSSR count). The van der Waals surface area contributed by atoms with E-state index >= 15 is 0 Å². The molecule has 3 atom stereocenters. The monoisotopic (exact) mass is 328 g/mol. The van der Waals surface area contributed by atoms with Crippen LogP contribution >= 0.6 is 0 Å². The van der Waals surface area contributed by atoms with Gasteiger partial charge in [-0.15, -0.1) is 0 Å². The number of amides is 2. The molecule has 0 radical (unpaired) electrons. The number of benzene rings is 1. The maximum absolute atomic E-state index is 12.6. The maximum atomic E-state index is 12.6. The summed E-state index contributed by atoms with van der Waals surface area (Å²) in [7, 11) is 0. The Balaban J connectivity index is 1.55. The molecule has 1 saturated carbocycles. The molecule has 2 amide bonds. The molecule has 4 heteroatoms. The normalized spacial score (nSPS) is 25.6. The Kier molecular flexibility index (Phi) is 4.93. The average Bonchev–Trinajstić information content (AvgIpc) is 3.09. The lowest BCUT2D eigenvalue weighted by atomic mass is 9.99. The third kappa shape index (κ3) is 3.63. The van der Waals surface area contributed by atoms with Gasteiger partial charge in [-0.05, 0) is 55.7 Å². The van der Waals surface area contributed by atoms with E-state index in [0.29, 0.717) is 18.9 Å². The van der Waals surface area contributed by atoms with Crippen molar-refractivity contribution in [3.05, 3.63) is 34.9 Å². The molecule has 1 aromatic rings. The number of likely N-dealkylation sites (tertiary alicyclic amines) is 1. The van der Waals surface area contributed by atoms with Gasteiger partial charge in [0.15, 0.2) is 0 Å². The van der Waals surface area contributed by atoms with Gasteiger partial charge >= 0.3 is 0 Å². The van der Waals surface area contributed by atoms with Gasteiger partial charge in [0.2, 0.25) is 11.8 Å². The van der Waals surface area contributed by atoms with Crippen LogP contribution in [0.15, 0.2) is 18.2 Å². The summed E-state index contributed by atoms with van der Waals surface area (Å²) in [4.78, 5) is 26.4. The predicted molar refractivity (Wildman–Crippen MR) is 94.5 cm³/mol. The highest BCUT2D eigenvalue weighted by molar-refractivity contribution is 5.82. The number of aryl methyl sites for hydroxylation is 2. The van der Waals surface area contributed by atoms with E-state index in [1.807, 2.05) is 4.90 Å². The molecule has 1 aliphatic carbocycles. The highest BCUT2D eigenvalue weighted by atomic mass is 16.2. The van der Waals surface area contributed by atoms with E-state index in [0.717, 1.165) is 25.8 Å². The van der Waals surface area contributed by atoms with Crippen molar-refractivity contribution in [1.29, 1.82) is 0 Å². The highest BCUT2D eigenvalue weighted by Crippen LogP contribution is 2.37. The minimum absolute atomic E-state index is 0.113. The van der Waals surface area contributed by atoms with Crippen molar-refractivity contribution in [3.63, 3.8) is 0 Å². The number of nitrogens with one attached hydrogen (secondary N) is 1. The summed E-state index contributed by atoms with van der Waals surface area (Å²) >= 11 is 0. The Morgan fingerprint density at radius 1 is 1.25 bits per heavy atom. The Morgan fingerprint density at radius 2 is 2.00 bits per heavy atom.